The average Bonchev–Trinajstić information content (AvgIpc) is 3.11. The second kappa shape index (κ2) is 3.80. The molecule has 1 aliphatic heterocycles. The van der Waals surface area contributed by atoms with E-state index in [1.807, 2.05) is 0 Å². The van der Waals surface area contributed by atoms with E-state index in [4.69, 9.17) is 0 Å². The van der Waals surface area contributed by atoms with Crippen molar-refractivity contribution in [1.29, 1.82) is 0 Å². The van der Waals surface area contributed by atoms with Crippen molar-refractivity contribution in [3.05, 3.63) is 0 Å². The van der Waals surface area contributed by atoms with E-state index >= 15 is 0 Å². The van der Waals surface area contributed by atoms with Crippen molar-refractivity contribution in [2.24, 2.45) is 17.3 Å². The lowest BCUT2D eigenvalue weighted by Gasteiger charge is -2.36. The van der Waals surface area contributed by atoms with Gasteiger partial charge in [0.1, 0.15) is 0 Å². The van der Waals surface area contributed by atoms with E-state index in [0.717, 1.165) is 19.3 Å². The van der Waals surface area contributed by atoms with Crippen molar-refractivity contribution in [2.75, 3.05) is 6.54 Å². The quantitative estimate of drug-likeness (QED) is 0.760. The van der Waals surface area contributed by atoms with Crippen LogP contribution >= 0.6 is 0 Å². The van der Waals surface area contributed by atoms with Gasteiger partial charge in [0, 0.05) is 6.54 Å². The standard InChI is InChI=1S/C13H17NO4/c15-10-8-6-9(8)11(16)14(10)7-13(12(17)18)4-2-1-3-5-13/h8-9H,1-7H2,(H,17,18). The summed E-state index contributed by atoms with van der Waals surface area (Å²) in [5.74, 6) is -1.41. The Morgan fingerprint density at radius 2 is 1.72 bits per heavy atom. The minimum absolute atomic E-state index is 0.0903. The zero-order valence-electron chi connectivity index (χ0n) is 10.2. The highest BCUT2D eigenvalue weighted by molar-refractivity contribution is 6.09. The number of hydrogen-bond donors (Lipinski definition) is 1. The van der Waals surface area contributed by atoms with Gasteiger partial charge >= 0.3 is 5.97 Å². The highest BCUT2D eigenvalue weighted by Gasteiger charge is 2.60. The van der Waals surface area contributed by atoms with Crippen LogP contribution in [0.2, 0.25) is 0 Å². The summed E-state index contributed by atoms with van der Waals surface area (Å²) in [6.45, 7) is 0.0903. The number of rotatable bonds is 3. The van der Waals surface area contributed by atoms with Gasteiger partial charge in [-0.25, -0.2) is 0 Å². The molecule has 98 valence electrons. The Morgan fingerprint density at radius 3 is 2.22 bits per heavy atom. The Bertz CT molecular complexity index is 405. The van der Waals surface area contributed by atoms with Crippen molar-refractivity contribution in [3.63, 3.8) is 0 Å². The van der Waals surface area contributed by atoms with Gasteiger partial charge in [0.05, 0.1) is 17.3 Å². The van der Waals surface area contributed by atoms with Crippen molar-refractivity contribution >= 4 is 17.8 Å². The van der Waals surface area contributed by atoms with Gasteiger partial charge < -0.3 is 5.11 Å². The average molecular weight is 251 g/mol. The molecule has 0 aromatic rings. The van der Waals surface area contributed by atoms with E-state index in [-0.39, 0.29) is 30.2 Å². The number of hydrogen-bond acceptors (Lipinski definition) is 3. The minimum Gasteiger partial charge on any atom is -0.481 e. The molecule has 2 amide bonds. The van der Waals surface area contributed by atoms with Crippen LogP contribution in [0.1, 0.15) is 38.5 Å². The Kier molecular flexibility index (Phi) is 2.47. The molecule has 5 heteroatoms. The largest absolute Gasteiger partial charge is 0.481 e. The monoisotopic (exact) mass is 251 g/mol. The number of piperidine rings is 1. The van der Waals surface area contributed by atoms with E-state index in [0.29, 0.717) is 19.3 Å². The van der Waals surface area contributed by atoms with Gasteiger partial charge in [-0.05, 0) is 19.3 Å². The predicted molar refractivity (Wildman–Crippen MR) is 61.5 cm³/mol. The maximum atomic E-state index is 11.9. The summed E-state index contributed by atoms with van der Waals surface area (Å²) in [6, 6.07) is 0. The molecule has 5 nitrogen and oxygen atoms in total. The predicted octanol–water partition coefficient (Wildman–Crippen LogP) is 1.03. The van der Waals surface area contributed by atoms with Crippen molar-refractivity contribution in [1.82, 2.24) is 4.90 Å². The lowest BCUT2D eigenvalue weighted by molar-refractivity contribution is -0.156. The molecule has 0 bridgehead atoms. The number of nitrogens with zero attached hydrogens (tertiary/aromatic N) is 1. The Hall–Kier alpha value is -1.39. The summed E-state index contributed by atoms with van der Waals surface area (Å²) in [5, 5.41) is 9.45. The summed E-state index contributed by atoms with van der Waals surface area (Å²) in [5.41, 5.74) is -0.889. The van der Waals surface area contributed by atoms with Crippen LogP contribution in [0.3, 0.4) is 0 Å². The minimum atomic E-state index is -0.889. The van der Waals surface area contributed by atoms with Crippen molar-refractivity contribution < 1.29 is 19.5 Å². The Balaban J connectivity index is 1.79. The molecule has 2 saturated carbocycles. The molecular weight excluding hydrogens is 234 g/mol. The van der Waals surface area contributed by atoms with Gasteiger partial charge in [0.25, 0.3) is 0 Å². The molecule has 3 rings (SSSR count). The number of carbonyl (C=O) groups is 3. The van der Waals surface area contributed by atoms with Gasteiger partial charge in [0.2, 0.25) is 11.8 Å². The van der Waals surface area contributed by atoms with E-state index < -0.39 is 11.4 Å². The first kappa shape index (κ1) is 11.7. The Labute approximate surface area is 105 Å². The van der Waals surface area contributed by atoms with Gasteiger partial charge in [-0.3, -0.25) is 19.3 Å². The van der Waals surface area contributed by atoms with Crippen LogP contribution < -0.4 is 0 Å². The fourth-order valence-electron chi connectivity index (χ4n) is 3.38. The number of amides is 2. The van der Waals surface area contributed by atoms with Gasteiger partial charge in [-0.15, -0.1) is 0 Å². The highest BCUT2D eigenvalue weighted by atomic mass is 16.4. The molecule has 3 aliphatic rings. The summed E-state index contributed by atoms with van der Waals surface area (Å²) in [7, 11) is 0. The number of carbonyl (C=O) groups excluding carboxylic acids is 2. The lowest BCUT2D eigenvalue weighted by atomic mass is 9.73. The normalized spacial score (nSPS) is 33.4. The van der Waals surface area contributed by atoms with E-state index in [1.54, 1.807) is 0 Å². The smallest absolute Gasteiger partial charge is 0.311 e. The molecule has 0 aromatic heterocycles. The van der Waals surface area contributed by atoms with Crippen molar-refractivity contribution in [2.45, 2.75) is 38.5 Å². The molecule has 1 N–H and O–H groups in total. The highest BCUT2D eigenvalue weighted by Crippen LogP contribution is 2.49. The van der Waals surface area contributed by atoms with Crippen LogP contribution in [-0.4, -0.2) is 34.3 Å². The van der Waals surface area contributed by atoms with Gasteiger partial charge in [0.15, 0.2) is 0 Å². The molecule has 0 aromatic carbocycles. The molecule has 2 atom stereocenters. The lowest BCUT2D eigenvalue weighted by Crippen LogP contribution is -2.47. The summed E-state index contributed by atoms with van der Waals surface area (Å²) < 4.78 is 0. The molecule has 18 heavy (non-hydrogen) atoms. The third-order valence-electron chi connectivity index (χ3n) is 4.68. The number of fused-ring (bicyclic) bond motifs is 1. The van der Waals surface area contributed by atoms with Gasteiger partial charge in [-0.1, -0.05) is 19.3 Å². The maximum Gasteiger partial charge on any atom is 0.311 e. The zero-order valence-corrected chi connectivity index (χ0v) is 10.2. The second-order valence-electron chi connectivity index (χ2n) is 5.86. The van der Waals surface area contributed by atoms with Crippen LogP contribution in [0.15, 0.2) is 0 Å². The summed E-state index contributed by atoms with van der Waals surface area (Å²) in [4.78, 5) is 36.6. The third kappa shape index (κ3) is 1.56. The molecule has 2 unspecified atom stereocenters. The molecular formula is C13H17NO4. The fourth-order valence-corrected chi connectivity index (χ4v) is 3.38. The van der Waals surface area contributed by atoms with Crippen molar-refractivity contribution in [3.8, 4) is 0 Å². The van der Waals surface area contributed by atoms with Crippen LogP contribution in [0.5, 0.6) is 0 Å². The number of imide groups is 1. The second-order valence-corrected chi connectivity index (χ2v) is 5.86. The first-order valence-corrected chi connectivity index (χ1v) is 6.64. The molecule has 1 heterocycles. The number of aliphatic carboxylic acids is 1. The topological polar surface area (TPSA) is 74.7 Å². The molecule has 0 radical (unpaired) electrons. The van der Waals surface area contributed by atoms with Crippen LogP contribution in [0, 0.1) is 17.3 Å². The first-order valence-electron chi connectivity index (χ1n) is 6.64. The zero-order chi connectivity index (χ0) is 12.9. The molecule has 1 saturated heterocycles. The number of likely N-dealkylation sites (tertiary alicyclic amines) is 1. The van der Waals surface area contributed by atoms with Gasteiger partial charge in [-0.2, -0.15) is 0 Å². The van der Waals surface area contributed by atoms with Crippen LogP contribution in [0.25, 0.3) is 0 Å². The van der Waals surface area contributed by atoms with E-state index in [2.05, 4.69) is 0 Å². The SMILES string of the molecule is O=C1C2CC2C(=O)N1CC1(C(=O)O)CCCCC1. The van der Waals surface area contributed by atoms with Crippen LogP contribution in [0.4, 0.5) is 0 Å². The van der Waals surface area contributed by atoms with E-state index in [1.165, 1.54) is 4.90 Å². The maximum absolute atomic E-state index is 11.9. The first-order chi connectivity index (χ1) is 8.55. The molecule has 0 spiro atoms. The third-order valence-corrected chi connectivity index (χ3v) is 4.68. The summed E-state index contributed by atoms with van der Waals surface area (Å²) in [6.07, 6.45) is 4.62. The summed E-state index contributed by atoms with van der Waals surface area (Å²) >= 11 is 0. The Morgan fingerprint density at radius 1 is 1.17 bits per heavy atom. The fraction of sp³-hybridized carbons (Fsp3) is 0.769. The van der Waals surface area contributed by atoms with E-state index in [9.17, 15) is 19.5 Å². The number of carboxylic acids is 1. The molecule has 2 aliphatic carbocycles. The van der Waals surface area contributed by atoms with Crippen LogP contribution in [-0.2, 0) is 14.4 Å². The molecule has 3 fully saturated rings. The number of carboxylic acid groups (broad SMARTS) is 1.